The summed E-state index contributed by atoms with van der Waals surface area (Å²) in [4.78, 5) is 46.3. The molecule has 0 fully saturated rings. The number of esters is 1. The first-order valence-electron chi connectivity index (χ1n) is 10.5. The zero-order chi connectivity index (χ0) is 24.6. The van der Waals surface area contributed by atoms with Crippen LogP contribution in [0.15, 0.2) is 58.5 Å². The van der Waals surface area contributed by atoms with Gasteiger partial charge in [0.15, 0.2) is 10.9 Å². The number of ether oxygens (including phenoxy) is 1. The van der Waals surface area contributed by atoms with Gasteiger partial charge in [0.2, 0.25) is 0 Å². The van der Waals surface area contributed by atoms with E-state index in [2.05, 4.69) is 9.97 Å². The smallest absolute Gasteiger partial charge is 0.339 e. The van der Waals surface area contributed by atoms with Gasteiger partial charge in [0.05, 0.1) is 40.2 Å². The minimum Gasteiger partial charge on any atom is -0.465 e. The van der Waals surface area contributed by atoms with Gasteiger partial charge in [0.1, 0.15) is 5.82 Å². The maximum atomic E-state index is 14.7. The summed E-state index contributed by atoms with van der Waals surface area (Å²) in [5, 5.41) is -0.176. The molecular formula is C25H22FN3O4S. The number of nitrogens with one attached hydrogen (secondary N) is 1. The van der Waals surface area contributed by atoms with Crippen molar-refractivity contribution in [2.75, 3.05) is 7.11 Å². The van der Waals surface area contributed by atoms with Crippen LogP contribution < -0.4 is 5.56 Å². The molecule has 174 valence electrons. The van der Waals surface area contributed by atoms with Gasteiger partial charge in [-0.05, 0) is 50.6 Å². The van der Waals surface area contributed by atoms with E-state index in [4.69, 9.17) is 4.74 Å². The lowest BCUT2D eigenvalue weighted by atomic mass is 10.1. The summed E-state index contributed by atoms with van der Waals surface area (Å²) in [6.07, 6.45) is 0. The molecule has 4 aromatic rings. The van der Waals surface area contributed by atoms with Crippen LogP contribution in [-0.2, 0) is 4.74 Å². The Kier molecular flexibility index (Phi) is 6.39. The highest BCUT2D eigenvalue weighted by Gasteiger charge is 2.27. The molecule has 2 heterocycles. The summed E-state index contributed by atoms with van der Waals surface area (Å²) in [6.45, 7) is 5.03. The Balaban J connectivity index is 1.80. The van der Waals surface area contributed by atoms with Crippen molar-refractivity contribution < 1.29 is 18.7 Å². The Labute approximate surface area is 199 Å². The van der Waals surface area contributed by atoms with Crippen LogP contribution >= 0.6 is 11.8 Å². The SMILES string of the molecule is COC(=O)c1c(C)[nH]c(C(=O)C(C)Sc2nc3ccccc3c(=O)n2-c2ccccc2F)c1C. The van der Waals surface area contributed by atoms with E-state index in [-0.39, 0.29) is 22.3 Å². The molecule has 1 N–H and O–H groups in total. The summed E-state index contributed by atoms with van der Waals surface area (Å²) in [5.41, 5.74) is 1.66. The lowest BCUT2D eigenvalue weighted by molar-refractivity contribution is 0.0599. The minimum atomic E-state index is -0.701. The number of nitrogens with zero attached hydrogens (tertiary/aromatic N) is 2. The number of hydrogen-bond donors (Lipinski definition) is 1. The highest BCUT2D eigenvalue weighted by molar-refractivity contribution is 8.00. The highest BCUT2D eigenvalue weighted by atomic mass is 32.2. The molecule has 1 atom stereocenters. The number of carbonyl (C=O) groups excluding carboxylic acids is 2. The second-order valence-electron chi connectivity index (χ2n) is 7.74. The Morgan fingerprint density at radius 1 is 1.12 bits per heavy atom. The van der Waals surface area contributed by atoms with Crippen molar-refractivity contribution in [2.45, 2.75) is 31.2 Å². The van der Waals surface area contributed by atoms with Gasteiger partial charge < -0.3 is 9.72 Å². The molecule has 4 rings (SSSR count). The number of aromatic amines is 1. The van der Waals surface area contributed by atoms with E-state index >= 15 is 0 Å². The first kappa shape index (κ1) is 23.4. The van der Waals surface area contributed by atoms with Crippen LogP contribution in [0.1, 0.15) is 39.0 Å². The van der Waals surface area contributed by atoms with Gasteiger partial charge >= 0.3 is 5.97 Å². The third-order valence-electron chi connectivity index (χ3n) is 5.56. The minimum absolute atomic E-state index is 0.0489. The van der Waals surface area contributed by atoms with E-state index in [1.54, 1.807) is 51.1 Å². The van der Waals surface area contributed by atoms with Gasteiger partial charge in [-0.2, -0.15) is 0 Å². The van der Waals surface area contributed by atoms with Gasteiger partial charge in [-0.3, -0.25) is 14.2 Å². The maximum Gasteiger partial charge on any atom is 0.339 e. The molecule has 0 bridgehead atoms. The summed E-state index contributed by atoms with van der Waals surface area (Å²) in [6, 6.07) is 12.7. The number of methoxy groups -OCH3 is 1. The second kappa shape index (κ2) is 9.26. The zero-order valence-corrected chi connectivity index (χ0v) is 19.8. The number of H-pyrrole nitrogens is 1. The van der Waals surface area contributed by atoms with Crippen molar-refractivity contribution in [3.8, 4) is 5.69 Å². The van der Waals surface area contributed by atoms with Gasteiger partial charge in [0.25, 0.3) is 5.56 Å². The van der Waals surface area contributed by atoms with E-state index in [1.165, 1.54) is 29.9 Å². The summed E-state index contributed by atoms with van der Waals surface area (Å²) >= 11 is 1.04. The van der Waals surface area contributed by atoms with E-state index in [0.29, 0.717) is 27.7 Å². The van der Waals surface area contributed by atoms with Crippen molar-refractivity contribution >= 4 is 34.4 Å². The van der Waals surface area contributed by atoms with Gasteiger partial charge in [-0.15, -0.1) is 0 Å². The maximum absolute atomic E-state index is 14.7. The molecule has 0 aliphatic heterocycles. The molecule has 34 heavy (non-hydrogen) atoms. The second-order valence-corrected chi connectivity index (χ2v) is 9.05. The number of aryl methyl sites for hydroxylation is 1. The normalized spacial score (nSPS) is 12.0. The highest BCUT2D eigenvalue weighted by Crippen LogP contribution is 2.29. The van der Waals surface area contributed by atoms with Crippen LogP contribution in [0.4, 0.5) is 4.39 Å². The van der Waals surface area contributed by atoms with E-state index in [9.17, 15) is 18.8 Å². The lowest BCUT2D eigenvalue weighted by Crippen LogP contribution is -2.24. The molecule has 1 unspecified atom stereocenters. The zero-order valence-electron chi connectivity index (χ0n) is 19.0. The topological polar surface area (TPSA) is 94.1 Å². The van der Waals surface area contributed by atoms with Crippen LogP contribution in [0.3, 0.4) is 0 Å². The number of thioether (sulfide) groups is 1. The van der Waals surface area contributed by atoms with Crippen molar-refractivity contribution in [3.05, 3.63) is 87.2 Å². The first-order valence-corrected chi connectivity index (χ1v) is 11.4. The average molecular weight is 480 g/mol. The number of para-hydroxylation sites is 2. The quantitative estimate of drug-likeness (QED) is 0.188. The van der Waals surface area contributed by atoms with E-state index in [1.807, 2.05) is 0 Å². The fourth-order valence-electron chi connectivity index (χ4n) is 3.86. The molecule has 0 radical (unpaired) electrons. The van der Waals surface area contributed by atoms with Crippen LogP contribution in [0.2, 0.25) is 0 Å². The number of rotatable bonds is 6. The van der Waals surface area contributed by atoms with Crippen molar-refractivity contribution in [1.82, 2.24) is 14.5 Å². The molecule has 0 saturated heterocycles. The van der Waals surface area contributed by atoms with Crippen molar-refractivity contribution in [2.24, 2.45) is 0 Å². The van der Waals surface area contributed by atoms with Crippen molar-refractivity contribution in [3.63, 3.8) is 0 Å². The fraction of sp³-hybridized carbons (Fsp3) is 0.200. The number of fused-ring (bicyclic) bond motifs is 1. The lowest BCUT2D eigenvalue weighted by Gasteiger charge is -2.16. The molecule has 0 spiro atoms. The molecule has 2 aromatic carbocycles. The first-order chi connectivity index (χ1) is 16.2. The van der Waals surface area contributed by atoms with E-state index in [0.717, 1.165) is 11.8 Å². The summed E-state index contributed by atoms with van der Waals surface area (Å²) in [7, 11) is 1.28. The molecule has 0 aliphatic carbocycles. The molecule has 0 saturated carbocycles. The summed E-state index contributed by atoms with van der Waals surface area (Å²) < 4.78 is 20.7. The number of aromatic nitrogens is 3. The fourth-order valence-corrected chi connectivity index (χ4v) is 4.84. The average Bonchev–Trinajstić information content (AvgIpc) is 3.12. The Morgan fingerprint density at radius 3 is 2.50 bits per heavy atom. The van der Waals surface area contributed by atoms with Gasteiger partial charge in [-0.1, -0.05) is 36.0 Å². The summed E-state index contributed by atoms with van der Waals surface area (Å²) in [5.74, 6) is -1.40. The number of Topliss-reactive ketones (excluding diaryl/α,β-unsaturated/α-hetero) is 1. The molecular weight excluding hydrogens is 457 g/mol. The molecule has 9 heteroatoms. The Morgan fingerprint density at radius 2 is 1.79 bits per heavy atom. The van der Waals surface area contributed by atoms with Crippen LogP contribution in [0.25, 0.3) is 16.6 Å². The van der Waals surface area contributed by atoms with Crippen molar-refractivity contribution in [1.29, 1.82) is 0 Å². The standard InChI is InChI=1S/C25H22FN3O4S/c1-13-20(24(32)33-4)14(2)27-21(13)22(30)15(3)34-25-28-18-11-7-5-9-16(18)23(31)29(25)19-12-8-6-10-17(19)26/h5-12,15,27H,1-4H3. The largest absolute Gasteiger partial charge is 0.465 e. The predicted octanol–water partition coefficient (Wildman–Crippen LogP) is 4.62. The number of benzene rings is 2. The van der Waals surface area contributed by atoms with Crippen LogP contribution in [0, 0.1) is 19.7 Å². The molecule has 2 aromatic heterocycles. The molecule has 7 nitrogen and oxygen atoms in total. The number of hydrogen-bond acceptors (Lipinski definition) is 6. The van der Waals surface area contributed by atoms with Crippen LogP contribution in [-0.4, -0.2) is 38.6 Å². The Bertz CT molecular complexity index is 1490. The van der Waals surface area contributed by atoms with Gasteiger partial charge in [-0.25, -0.2) is 14.2 Å². The number of carbonyl (C=O) groups is 2. The van der Waals surface area contributed by atoms with Crippen LogP contribution in [0.5, 0.6) is 0 Å². The van der Waals surface area contributed by atoms with E-state index < -0.39 is 22.6 Å². The van der Waals surface area contributed by atoms with Gasteiger partial charge in [0, 0.05) is 5.69 Å². The Hall–Kier alpha value is -3.72. The number of ketones is 1. The molecule has 0 amide bonds. The monoisotopic (exact) mass is 479 g/mol. The molecule has 0 aliphatic rings. The predicted molar refractivity (Wildman–Crippen MR) is 129 cm³/mol. The third-order valence-corrected chi connectivity index (χ3v) is 6.62. The number of halogens is 1. The third kappa shape index (κ3) is 4.03.